The number of aliphatic hydroxyl groups excluding tert-OH is 1. The Kier molecular flexibility index (Phi) is 8.46. The first-order chi connectivity index (χ1) is 14.9. The van der Waals surface area contributed by atoms with Crippen LogP contribution in [0.2, 0.25) is 0 Å². The van der Waals surface area contributed by atoms with Crippen molar-refractivity contribution in [2.75, 3.05) is 32.8 Å². The maximum Gasteiger partial charge on any atom is 0.237 e. The Hall–Kier alpha value is -1.96. The van der Waals surface area contributed by atoms with Crippen molar-refractivity contribution in [2.24, 2.45) is 5.92 Å². The molecule has 0 fully saturated rings. The number of hydrogen-bond acceptors (Lipinski definition) is 5. The number of nitrogens with zero attached hydrogens (tertiary/aromatic N) is 2. The number of halogens is 1. The summed E-state index contributed by atoms with van der Waals surface area (Å²) in [5, 5.41) is 12.0. The zero-order chi connectivity index (χ0) is 22.4. The molecule has 1 aliphatic rings. The SMILES string of the molecule is CCC(C)CN(CC(=O)N1CCc2sccc2C1COc1ccc(F)cc1)CC(C)O. The van der Waals surface area contributed by atoms with E-state index in [0.29, 0.717) is 31.4 Å². The van der Waals surface area contributed by atoms with Gasteiger partial charge in [-0.2, -0.15) is 0 Å². The summed E-state index contributed by atoms with van der Waals surface area (Å²) in [6, 6.07) is 7.86. The van der Waals surface area contributed by atoms with Crippen molar-refractivity contribution < 1.29 is 19.0 Å². The molecule has 5 nitrogen and oxygen atoms in total. The number of ether oxygens (including phenoxy) is 1. The summed E-state index contributed by atoms with van der Waals surface area (Å²) in [5.41, 5.74) is 1.13. The van der Waals surface area contributed by atoms with Gasteiger partial charge in [0.2, 0.25) is 5.91 Å². The fourth-order valence-electron chi connectivity index (χ4n) is 4.01. The predicted molar refractivity (Wildman–Crippen MR) is 122 cm³/mol. The van der Waals surface area contributed by atoms with E-state index in [0.717, 1.165) is 24.9 Å². The molecule has 3 unspecified atom stereocenters. The molecule has 1 aromatic carbocycles. The minimum atomic E-state index is -0.487. The third kappa shape index (κ3) is 6.51. The minimum Gasteiger partial charge on any atom is -0.491 e. The summed E-state index contributed by atoms with van der Waals surface area (Å²) in [7, 11) is 0. The molecule has 0 saturated carbocycles. The van der Waals surface area contributed by atoms with E-state index in [1.165, 1.54) is 17.0 Å². The second-order valence-electron chi connectivity index (χ2n) is 8.47. The maximum absolute atomic E-state index is 13.4. The summed E-state index contributed by atoms with van der Waals surface area (Å²) in [5.74, 6) is 0.785. The largest absolute Gasteiger partial charge is 0.491 e. The molecule has 0 aliphatic carbocycles. The van der Waals surface area contributed by atoms with Gasteiger partial charge in [-0.15, -0.1) is 11.3 Å². The van der Waals surface area contributed by atoms with Gasteiger partial charge >= 0.3 is 0 Å². The molecule has 3 atom stereocenters. The summed E-state index contributed by atoms with van der Waals surface area (Å²) in [4.78, 5) is 18.6. The summed E-state index contributed by atoms with van der Waals surface area (Å²) >= 11 is 1.71. The molecule has 31 heavy (non-hydrogen) atoms. The van der Waals surface area contributed by atoms with E-state index in [1.807, 2.05) is 4.90 Å². The van der Waals surface area contributed by atoms with Crippen LogP contribution in [0.3, 0.4) is 0 Å². The zero-order valence-electron chi connectivity index (χ0n) is 18.6. The van der Waals surface area contributed by atoms with Crippen molar-refractivity contribution in [3.8, 4) is 5.75 Å². The molecule has 1 aromatic heterocycles. The van der Waals surface area contributed by atoms with Gasteiger partial charge in [-0.25, -0.2) is 4.39 Å². The monoisotopic (exact) mass is 448 g/mol. The Bertz CT molecular complexity index is 840. The predicted octanol–water partition coefficient (Wildman–Crippen LogP) is 4.12. The van der Waals surface area contributed by atoms with E-state index < -0.39 is 6.10 Å². The quantitative estimate of drug-likeness (QED) is 0.594. The van der Waals surface area contributed by atoms with Gasteiger partial charge in [0.1, 0.15) is 18.2 Å². The molecule has 0 spiro atoms. The van der Waals surface area contributed by atoms with Crippen molar-refractivity contribution in [3.63, 3.8) is 0 Å². The van der Waals surface area contributed by atoms with Crippen LogP contribution in [-0.2, 0) is 11.2 Å². The first kappa shape index (κ1) is 23.7. The highest BCUT2D eigenvalue weighted by molar-refractivity contribution is 7.10. The fourth-order valence-corrected chi connectivity index (χ4v) is 4.94. The second kappa shape index (κ2) is 11.1. The van der Waals surface area contributed by atoms with Crippen LogP contribution in [-0.4, -0.2) is 59.7 Å². The topological polar surface area (TPSA) is 53.0 Å². The van der Waals surface area contributed by atoms with E-state index in [4.69, 9.17) is 4.74 Å². The van der Waals surface area contributed by atoms with Gasteiger partial charge in [0.05, 0.1) is 18.7 Å². The summed E-state index contributed by atoms with van der Waals surface area (Å²) < 4.78 is 19.2. The fraction of sp³-hybridized carbons (Fsp3) is 0.542. The number of hydrogen-bond donors (Lipinski definition) is 1. The van der Waals surface area contributed by atoms with Gasteiger partial charge in [-0.3, -0.25) is 9.69 Å². The second-order valence-corrected chi connectivity index (χ2v) is 9.47. The van der Waals surface area contributed by atoms with E-state index in [9.17, 15) is 14.3 Å². The van der Waals surface area contributed by atoms with E-state index in [-0.39, 0.29) is 24.3 Å². The third-order valence-corrected chi connectivity index (χ3v) is 6.78. The number of aliphatic hydroxyl groups is 1. The highest BCUT2D eigenvalue weighted by atomic mass is 32.1. The van der Waals surface area contributed by atoms with Crippen LogP contribution in [0.25, 0.3) is 0 Å². The molecule has 7 heteroatoms. The first-order valence-corrected chi connectivity index (χ1v) is 11.9. The third-order valence-electron chi connectivity index (χ3n) is 5.78. The van der Waals surface area contributed by atoms with Gasteiger partial charge in [0.25, 0.3) is 0 Å². The molecular weight excluding hydrogens is 415 g/mol. The molecule has 2 aromatic rings. The summed E-state index contributed by atoms with van der Waals surface area (Å²) in [6.07, 6.45) is 1.38. The van der Waals surface area contributed by atoms with Crippen LogP contribution >= 0.6 is 11.3 Å². The number of fused-ring (bicyclic) bond motifs is 1. The van der Waals surface area contributed by atoms with E-state index in [1.54, 1.807) is 30.4 Å². The molecule has 0 radical (unpaired) electrons. The highest BCUT2D eigenvalue weighted by Gasteiger charge is 2.33. The average Bonchev–Trinajstić information content (AvgIpc) is 3.21. The van der Waals surface area contributed by atoms with Gasteiger partial charge in [0.15, 0.2) is 0 Å². The molecule has 0 saturated heterocycles. The van der Waals surface area contributed by atoms with Crippen LogP contribution in [0.15, 0.2) is 35.7 Å². The van der Waals surface area contributed by atoms with Gasteiger partial charge < -0.3 is 14.7 Å². The van der Waals surface area contributed by atoms with Crippen LogP contribution in [0.5, 0.6) is 5.75 Å². The molecule has 170 valence electrons. The Morgan fingerprint density at radius 3 is 2.71 bits per heavy atom. The number of amides is 1. The lowest BCUT2D eigenvalue weighted by molar-refractivity contribution is -0.136. The number of rotatable bonds is 10. The van der Waals surface area contributed by atoms with Crippen molar-refractivity contribution in [1.29, 1.82) is 0 Å². The van der Waals surface area contributed by atoms with Crippen molar-refractivity contribution in [2.45, 2.75) is 45.8 Å². The summed E-state index contributed by atoms with van der Waals surface area (Å²) in [6.45, 7) is 8.56. The van der Waals surface area contributed by atoms with Crippen LogP contribution in [0, 0.1) is 11.7 Å². The molecule has 1 N–H and O–H groups in total. The molecule has 1 amide bonds. The molecule has 2 heterocycles. The molecule has 1 aliphatic heterocycles. The van der Waals surface area contributed by atoms with E-state index in [2.05, 4.69) is 30.2 Å². The average molecular weight is 449 g/mol. The highest BCUT2D eigenvalue weighted by Crippen LogP contribution is 2.34. The molecule has 0 bridgehead atoms. The lowest BCUT2D eigenvalue weighted by atomic mass is 10.00. The van der Waals surface area contributed by atoms with Gasteiger partial charge in [-0.05, 0) is 60.5 Å². The van der Waals surface area contributed by atoms with Crippen molar-refractivity contribution in [3.05, 3.63) is 52.0 Å². The lowest BCUT2D eigenvalue weighted by Crippen LogP contribution is -2.48. The smallest absolute Gasteiger partial charge is 0.237 e. The molecule has 3 rings (SSSR count). The number of thiophene rings is 1. The Balaban J connectivity index is 1.73. The number of carbonyl (C=O) groups is 1. The van der Waals surface area contributed by atoms with Gasteiger partial charge in [-0.1, -0.05) is 20.3 Å². The zero-order valence-corrected chi connectivity index (χ0v) is 19.4. The normalized spacial score (nSPS) is 18.0. The first-order valence-electron chi connectivity index (χ1n) is 11.0. The van der Waals surface area contributed by atoms with Crippen LogP contribution < -0.4 is 4.74 Å². The Labute approximate surface area is 188 Å². The van der Waals surface area contributed by atoms with E-state index >= 15 is 0 Å². The van der Waals surface area contributed by atoms with Crippen LogP contribution in [0.1, 0.15) is 43.7 Å². The number of carbonyl (C=O) groups excluding carboxylic acids is 1. The Morgan fingerprint density at radius 2 is 2.03 bits per heavy atom. The van der Waals surface area contributed by atoms with Crippen molar-refractivity contribution in [1.82, 2.24) is 9.80 Å². The van der Waals surface area contributed by atoms with Crippen molar-refractivity contribution >= 4 is 17.2 Å². The van der Waals surface area contributed by atoms with Crippen LogP contribution in [0.4, 0.5) is 4.39 Å². The molecular formula is C24H33FN2O3S. The number of benzene rings is 1. The Morgan fingerprint density at radius 1 is 1.29 bits per heavy atom. The lowest BCUT2D eigenvalue weighted by Gasteiger charge is -2.37. The standard InChI is InChI=1S/C24H33FN2O3S/c1-4-17(2)13-26(14-18(3)28)15-24(29)27-11-9-23-21(10-12-31-23)22(27)16-30-20-7-5-19(25)6-8-20/h5-8,10,12,17-18,22,28H,4,9,11,13-16H2,1-3H3. The maximum atomic E-state index is 13.4. The van der Waals surface area contributed by atoms with Gasteiger partial charge in [0, 0.05) is 24.5 Å². The minimum absolute atomic E-state index is 0.0495.